The molecule has 0 aliphatic heterocycles. The molecule has 0 saturated heterocycles. The van der Waals surface area contributed by atoms with E-state index in [9.17, 15) is 9.59 Å². The summed E-state index contributed by atoms with van der Waals surface area (Å²) in [5, 5.41) is 0. The molecule has 2 rings (SSSR count). The fourth-order valence-corrected chi connectivity index (χ4v) is 1.87. The van der Waals surface area contributed by atoms with E-state index >= 15 is 0 Å². The molecule has 4 nitrogen and oxygen atoms in total. The number of esters is 2. The smallest absolute Gasteiger partial charge is 0.338 e. The van der Waals surface area contributed by atoms with Gasteiger partial charge in [0.2, 0.25) is 0 Å². The Balaban J connectivity index is 1.94. The van der Waals surface area contributed by atoms with Crippen LogP contribution in [0.25, 0.3) is 6.08 Å². The lowest BCUT2D eigenvalue weighted by Gasteiger charge is -2.04. The Labute approximate surface area is 135 Å². The first-order valence-corrected chi connectivity index (χ1v) is 7.32. The first kappa shape index (κ1) is 16.5. The average molecular weight is 310 g/mol. The second-order valence-electron chi connectivity index (χ2n) is 4.91. The van der Waals surface area contributed by atoms with Gasteiger partial charge in [-0.1, -0.05) is 29.8 Å². The van der Waals surface area contributed by atoms with Gasteiger partial charge in [-0.05, 0) is 49.8 Å². The van der Waals surface area contributed by atoms with Crippen molar-refractivity contribution in [2.24, 2.45) is 0 Å². The van der Waals surface area contributed by atoms with Crippen LogP contribution >= 0.6 is 0 Å². The Morgan fingerprint density at radius 3 is 2.26 bits per heavy atom. The molecular formula is C19H18O4. The standard InChI is InChI=1S/C19H18O4/c1-3-22-19(21)16-9-11-17(12-10-16)23-18(20)13-8-15-6-4-14(2)5-7-15/h4-13H,3H2,1-2H3. The van der Waals surface area contributed by atoms with Gasteiger partial charge in [-0.2, -0.15) is 0 Å². The maximum Gasteiger partial charge on any atom is 0.338 e. The Morgan fingerprint density at radius 2 is 1.65 bits per heavy atom. The third kappa shape index (κ3) is 5.11. The predicted octanol–water partition coefficient (Wildman–Crippen LogP) is 3.79. The summed E-state index contributed by atoms with van der Waals surface area (Å²) in [5.74, 6) is -0.504. The van der Waals surface area contributed by atoms with E-state index in [-0.39, 0.29) is 0 Å². The number of carbonyl (C=O) groups excluding carboxylic acids is 2. The summed E-state index contributed by atoms with van der Waals surface area (Å²) < 4.78 is 10.1. The maximum atomic E-state index is 11.8. The van der Waals surface area contributed by atoms with Gasteiger partial charge in [-0.25, -0.2) is 9.59 Å². The molecule has 0 spiro atoms. The summed E-state index contributed by atoms with van der Waals surface area (Å²) in [6, 6.07) is 14.0. The SMILES string of the molecule is CCOC(=O)c1ccc(OC(=O)C=Cc2ccc(C)cc2)cc1. The third-order valence-corrected chi connectivity index (χ3v) is 3.07. The number of carbonyl (C=O) groups is 2. The minimum absolute atomic E-state index is 0.319. The Bertz CT molecular complexity index is 697. The Kier molecular flexibility index (Phi) is 5.69. The molecule has 0 unspecified atom stereocenters. The van der Waals surface area contributed by atoms with Crippen molar-refractivity contribution in [3.8, 4) is 5.75 Å². The van der Waals surface area contributed by atoms with E-state index in [2.05, 4.69) is 0 Å². The van der Waals surface area contributed by atoms with Crippen molar-refractivity contribution in [3.63, 3.8) is 0 Å². The van der Waals surface area contributed by atoms with E-state index in [4.69, 9.17) is 9.47 Å². The Morgan fingerprint density at radius 1 is 1.00 bits per heavy atom. The molecule has 2 aromatic carbocycles. The van der Waals surface area contributed by atoms with Crippen molar-refractivity contribution in [2.75, 3.05) is 6.61 Å². The normalized spacial score (nSPS) is 10.5. The van der Waals surface area contributed by atoms with Gasteiger partial charge in [0.1, 0.15) is 5.75 Å². The quantitative estimate of drug-likeness (QED) is 0.479. The number of hydrogen-bond donors (Lipinski definition) is 0. The molecule has 0 aliphatic carbocycles. The van der Waals surface area contributed by atoms with Gasteiger partial charge in [-0.15, -0.1) is 0 Å². The summed E-state index contributed by atoms with van der Waals surface area (Å²) in [7, 11) is 0. The van der Waals surface area contributed by atoms with Gasteiger partial charge in [0.05, 0.1) is 12.2 Å². The summed E-state index contributed by atoms with van der Waals surface area (Å²) in [5.41, 5.74) is 2.50. The number of hydrogen-bond acceptors (Lipinski definition) is 4. The van der Waals surface area contributed by atoms with Gasteiger partial charge in [-0.3, -0.25) is 0 Å². The fraction of sp³-hybridized carbons (Fsp3) is 0.158. The van der Waals surface area contributed by atoms with Crippen LogP contribution in [0.1, 0.15) is 28.4 Å². The highest BCUT2D eigenvalue weighted by Gasteiger charge is 2.07. The highest BCUT2D eigenvalue weighted by Crippen LogP contribution is 2.14. The van der Waals surface area contributed by atoms with Gasteiger partial charge < -0.3 is 9.47 Å². The van der Waals surface area contributed by atoms with Crippen LogP contribution in [-0.4, -0.2) is 18.5 Å². The average Bonchev–Trinajstić information content (AvgIpc) is 2.55. The zero-order chi connectivity index (χ0) is 16.7. The van der Waals surface area contributed by atoms with Crippen molar-refractivity contribution < 1.29 is 19.1 Å². The number of benzene rings is 2. The summed E-state index contributed by atoms with van der Waals surface area (Å²) in [4.78, 5) is 23.3. The van der Waals surface area contributed by atoms with Crippen LogP contribution in [0, 0.1) is 6.92 Å². The molecule has 0 bridgehead atoms. The second-order valence-corrected chi connectivity index (χ2v) is 4.91. The van der Waals surface area contributed by atoms with E-state index in [1.54, 1.807) is 37.3 Å². The van der Waals surface area contributed by atoms with Crippen molar-refractivity contribution in [3.05, 3.63) is 71.3 Å². The molecule has 0 radical (unpaired) electrons. The molecule has 4 heteroatoms. The molecule has 0 saturated carbocycles. The molecule has 23 heavy (non-hydrogen) atoms. The van der Waals surface area contributed by atoms with Crippen LogP contribution in [0.4, 0.5) is 0 Å². The van der Waals surface area contributed by atoms with Crippen molar-refractivity contribution in [1.29, 1.82) is 0 Å². The van der Waals surface area contributed by atoms with Crippen LogP contribution in [0.15, 0.2) is 54.6 Å². The monoisotopic (exact) mass is 310 g/mol. The lowest BCUT2D eigenvalue weighted by Crippen LogP contribution is -2.06. The van der Waals surface area contributed by atoms with Crippen molar-refractivity contribution in [2.45, 2.75) is 13.8 Å². The van der Waals surface area contributed by atoms with Gasteiger partial charge >= 0.3 is 11.9 Å². The first-order valence-electron chi connectivity index (χ1n) is 7.32. The molecule has 2 aromatic rings. The van der Waals surface area contributed by atoms with Gasteiger partial charge in [0.25, 0.3) is 0 Å². The number of rotatable bonds is 5. The summed E-state index contributed by atoms with van der Waals surface area (Å²) in [6.07, 6.45) is 3.05. The molecule has 118 valence electrons. The first-order chi connectivity index (χ1) is 11.1. The largest absolute Gasteiger partial charge is 0.462 e. The van der Waals surface area contributed by atoms with Crippen LogP contribution in [-0.2, 0) is 9.53 Å². The summed E-state index contributed by atoms with van der Waals surface area (Å²) in [6.45, 7) is 4.06. The molecule has 0 atom stereocenters. The van der Waals surface area contributed by atoms with Crippen LogP contribution < -0.4 is 4.74 Å². The molecule has 0 aromatic heterocycles. The van der Waals surface area contributed by atoms with Crippen molar-refractivity contribution >= 4 is 18.0 Å². The Hall–Kier alpha value is -2.88. The molecule has 0 heterocycles. The van der Waals surface area contributed by atoms with Gasteiger partial charge in [0, 0.05) is 6.08 Å². The number of aryl methyl sites for hydroxylation is 1. The zero-order valence-electron chi connectivity index (χ0n) is 13.1. The van der Waals surface area contributed by atoms with E-state index in [1.165, 1.54) is 6.08 Å². The van der Waals surface area contributed by atoms with Gasteiger partial charge in [0.15, 0.2) is 0 Å². The minimum Gasteiger partial charge on any atom is -0.462 e. The zero-order valence-corrected chi connectivity index (χ0v) is 13.1. The molecular weight excluding hydrogens is 292 g/mol. The number of ether oxygens (including phenoxy) is 2. The van der Waals surface area contributed by atoms with Crippen molar-refractivity contribution in [1.82, 2.24) is 0 Å². The fourth-order valence-electron chi connectivity index (χ4n) is 1.87. The summed E-state index contributed by atoms with van der Waals surface area (Å²) >= 11 is 0. The topological polar surface area (TPSA) is 52.6 Å². The van der Waals surface area contributed by atoms with E-state index in [1.807, 2.05) is 31.2 Å². The molecule has 0 aliphatic rings. The van der Waals surface area contributed by atoms with E-state index < -0.39 is 11.9 Å². The molecule has 0 fully saturated rings. The lowest BCUT2D eigenvalue weighted by atomic mass is 10.1. The van der Waals surface area contributed by atoms with Crippen LogP contribution in [0.5, 0.6) is 5.75 Å². The van der Waals surface area contributed by atoms with E-state index in [0.717, 1.165) is 11.1 Å². The molecule has 0 N–H and O–H groups in total. The predicted molar refractivity (Wildman–Crippen MR) is 88.2 cm³/mol. The van der Waals surface area contributed by atoms with Crippen LogP contribution in [0.2, 0.25) is 0 Å². The maximum absolute atomic E-state index is 11.8. The minimum atomic E-state index is -0.477. The third-order valence-electron chi connectivity index (χ3n) is 3.07. The lowest BCUT2D eigenvalue weighted by molar-refractivity contribution is -0.128. The highest BCUT2D eigenvalue weighted by molar-refractivity contribution is 5.90. The van der Waals surface area contributed by atoms with E-state index in [0.29, 0.717) is 17.9 Å². The van der Waals surface area contributed by atoms with Crippen LogP contribution in [0.3, 0.4) is 0 Å². The molecule has 0 amide bonds. The highest BCUT2D eigenvalue weighted by atomic mass is 16.5. The second kappa shape index (κ2) is 7.94.